The summed E-state index contributed by atoms with van der Waals surface area (Å²) in [5.41, 5.74) is 8.10. The van der Waals surface area contributed by atoms with Crippen molar-refractivity contribution in [3.05, 3.63) is 64.2 Å². The molecule has 15 nitrogen and oxygen atoms in total. The zero-order valence-corrected chi connectivity index (χ0v) is 28.0. The molecule has 1 aromatic heterocycles. The number of ether oxygens (including phenoxy) is 2. The molecule has 5 rings (SSSR count). The predicted octanol–water partition coefficient (Wildman–Crippen LogP) is 3.49. The number of nitro benzene ring substituents is 1. The molecule has 15 heteroatoms. The Hall–Kier alpha value is -4.60. The van der Waals surface area contributed by atoms with Crippen molar-refractivity contribution < 1.29 is 19.2 Å². The highest BCUT2D eigenvalue weighted by molar-refractivity contribution is 5.78. The summed E-state index contributed by atoms with van der Waals surface area (Å²) >= 11 is 0. The highest BCUT2D eigenvalue weighted by atomic mass is 16.6. The van der Waals surface area contributed by atoms with Crippen LogP contribution in [-0.4, -0.2) is 98.0 Å². The topological polar surface area (TPSA) is 186 Å². The average Bonchev–Trinajstić information content (AvgIpc) is 3.13. The van der Waals surface area contributed by atoms with Crippen LogP contribution < -0.4 is 31.5 Å². The number of hydrogen-bond acceptors (Lipinski definition) is 13. The summed E-state index contributed by atoms with van der Waals surface area (Å²) in [6, 6.07) is 14.3. The summed E-state index contributed by atoms with van der Waals surface area (Å²) < 4.78 is 10.7. The van der Waals surface area contributed by atoms with Crippen molar-refractivity contribution in [2.45, 2.75) is 38.5 Å². The maximum Gasteiger partial charge on any atom is 0.269 e. The van der Waals surface area contributed by atoms with E-state index < -0.39 is 0 Å². The lowest BCUT2D eigenvalue weighted by atomic mass is 9.89. The van der Waals surface area contributed by atoms with Crippen LogP contribution in [0.25, 0.3) is 0 Å². The zero-order valence-electron chi connectivity index (χ0n) is 28.0. The van der Waals surface area contributed by atoms with Crippen LogP contribution in [0.5, 0.6) is 0 Å². The normalized spacial score (nSPS) is 15.2. The Morgan fingerprint density at radius 3 is 2.22 bits per heavy atom. The molecule has 3 aromatic rings. The minimum absolute atomic E-state index is 0.0758. The van der Waals surface area contributed by atoms with E-state index in [4.69, 9.17) is 30.2 Å². The zero-order chi connectivity index (χ0) is 34.3. The molecule has 1 aliphatic heterocycles. The molecule has 2 aliphatic rings. The lowest BCUT2D eigenvalue weighted by molar-refractivity contribution is -0.384. The van der Waals surface area contributed by atoms with Crippen LogP contribution in [0.15, 0.2) is 48.5 Å². The van der Waals surface area contributed by atoms with Gasteiger partial charge in [-0.05, 0) is 48.6 Å². The number of aromatic nitrogens is 3. The van der Waals surface area contributed by atoms with Gasteiger partial charge in [0.1, 0.15) is 0 Å². The number of benzene rings is 2. The fraction of sp³-hybridized carbons (Fsp3) is 0.529. The summed E-state index contributed by atoms with van der Waals surface area (Å²) in [6.07, 6.45) is 6.51. The first-order valence-electron chi connectivity index (χ1n) is 17.2. The molecule has 1 saturated heterocycles. The number of carbonyl (C=O) groups is 1. The quantitative estimate of drug-likeness (QED) is 0.0873. The Balaban J connectivity index is 1.17. The van der Waals surface area contributed by atoms with Gasteiger partial charge in [-0.15, -0.1) is 0 Å². The maximum atomic E-state index is 12.4. The molecule has 264 valence electrons. The molecule has 1 saturated carbocycles. The van der Waals surface area contributed by atoms with Gasteiger partial charge in [0.15, 0.2) is 0 Å². The van der Waals surface area contributed by atoms with Crippen molar-refractivity contribution in [2.75, 3.05) is 92.7 Å². The van der Waals surface area contributed by atoms with Gasteiger partial charge in [0.25, 0.3) is 5.69 Å². The van der Waals surface area contributed by atoms with Crippen LogP contribution in [0.4, 0.5) is 34.9 Å². The van der Waals surface area contributed by atoms with E-state index in [-0.39, 0.29) is 22.9 Å². The van der Waals surface area contributed by atoms with E-state index in [0.717, 1.165) is 36.6 Å². The van der Waals surface area contributed by atoms with Crippen LogP contribution in [-0.2, 0) is 20.7 Å². The highest BCUT2D eigenvalue weighted by Crippen LogP contribution is 2.26. The molecule has 2 fully saturated rings. The third-order valence-corrected chi connectivity index (χ3v) is 8.66. The highest BCUT2D eigenvalue weighted by Gasteiger charge is 2.22. The van der Waals surface area contributed by atoms with E-state index in [1.54, 1.807) is 24.3 Å². The van der Waals surface area contributed by atoms with Crippen LogP contribution in [0, 0.1) is 16.0 Å². The fourth-order valence-corrected chi connectivity index (χ4v) is 5.97. The van der Waals surface area contributed by atoms with E-state index in [1.807, 2.05) is 24.3 Å². The average molecular weight is 677 g/mol. The number of piperazine rings is 1. The SMILES string of the molecule is NCCOCCOCCNC(=O)Cc1ccc(Nc2nc(NCC3CCCCC3)nc(N3CCN(c4ccc([N+](=O)[O-])cc4)CC3)n2)cc1. The van der Waals surface area contributed by atoms with Gasteiger partial charge in [0.05, 0.1) is 37.8 Å². The molecule has 1 amide bonds. The second-order valence-corrected chi connectivity index (χ2v) is 12.3. The number of non-ortho nitro benzene ring substituents is 1. The molecule has 5 N–H and O–H groups in total. The van der Waals surface area contributed by atoms with Crippen molar-refractivity contribution in [1.29, 1.82) is 0 Å². The van der Waals surface area contributed by atoms with Gasteiger partial charge in [-0.25, -0.2) is 0 Å². The first-order valence-corrected chi connectivity index (χ1v) is 17.2. The van der Waals surface area contributed by atoms with Gasteiger partial charge in [0, 0.05) is 69.3 Å². The summed E-state index contributed by atoms with van der Waals surface area (Å²) in [5, 5.41) is 20.7. The molecule has 1 aliphatic carbocycles. The van der Waals surface area contributed by atoms with Gasteiger partial charge in [-0.3, -0.25) is 14.9 Å². The van der Waals surface area contributed by atoms with E-state index in [2.05, 4.69) is 25.8 Å². The van der Waals surface area contributed by atoms with Crippen LogP contribution >= 0.6 is 0 Å². The lowest BCUT2D eigenvalue weighted by Gasteiger charge is -2.36. The Bertz CT molecular complexity index is 1460. The smallest absolute Gasteiger partial charge is 0.269 e. The van der Waals surface area contributed by atoms with E-state index in [9.17, 15) is 14.9 Å². The molecule has 0 bridgehead atoms. The number of anilines is 5. The summed E-state index contributed by atoms with van der Waals surface area (Å²) in [5.74, 6) is 2.10. The van der Waals surface area contributed by atoms with Gasteiger partial charge < -0.3 is 41.0 Å². The first kappa shape index (κ1) is 35.7. The minimum Gasteiger partial charge on any atom is -0.378 e. The molecule has 49 heavy (non-hydrogen) atoms. The largest absolute Gasteiger partial charge is 0.378 e. The van der Waals surface area contributed by atoms with Crippen molar-refractivity contribution in [3.63, 3.8) is 0 Å². The predicted molar refractivity (Wildman–Crippen MR) is 190 cm³/mol. The standard InChI is InChI=1S/C34H48N10O5/c35-14-20-48-22-23-49-21-15-36-31(45)24-26-6-8-28(9-7-26)38-33-39-32(37-25-27-4-2-1-3-5-27)40-34(41-33)43-18-16-42(17-19-43)29-10-12-30(13-11-29)44(46)47/h6-13,27H,1-5,14-25,35H2,(H,36,45)(H2,37,38,39,40,41). The fourth-order valence-electron chi connectivity index (χ4n) is 5.97. The molecule has 0 spiro atoms. The van der Waals surface area contributed by atoms with Gasteiger partial charge in [-0.2, -0.15) is 15.0 Å². The van der Waals surface area contributed by atoms with Crippen LogP contribution in [0.2, 0.25) is 0 Å². The molecule has 0 unspecified atom stereocenters. The Kier molecular flexibility index (Phi) is 13.7. The van der Waals surface area contributed by atoms with E-state index in [1.165, 1.54) is 32.1 Å². The van der Waals surface area contributed by atoms with Crippen LogP contribution in [0.3, 0.4) is 0 Å². The third-order valence-electron chi connectivity index (χ3n) is 8.66. The Morgan fingerprint density at radius 1 is 0.857 bits per heavy atom. The summed E-state index contributed by atoms with van der Waals surface area (Å²) in [4.78, 5) is 41.7. The van der Waals surface area contributed by atoms with Crippen molar-refractivity contribution in [3.8, 4) is 0 Å². The number of nitrogens with zero attached hydrogens (tertiary/aromatic N) is 6. The third kappa shape index (κ3) is 11.5. The van der Waals surface area contributed by atoms with Crippen molar-refractivity contribution in [2.24, 2.45) is 11.7 Å². The number of rotatable bonds is 18. The molecule has 0 radical (unpaired) electrons. The summed E-state index contributed by atoms with van der Waals surface area (Å²) in [7, 11) is 0. The molecular weight excluding hydrogens is 628 g/mol. The van der Waals surface area contributed by atoms with E-state index in [0.29, 0.717) is 76.4 Å². The van der Waals surface area contributed by atoms with E-state index >= 15 is 0 Å². The molecular formula is C34H48N10O5. The van der Waals surface area contributed by atoms with Crippen LogP contribution in [0.1, 0.15) is 37.7 Å². The lowest BCUT2D eigenvalue weighted by Crippen LogP contribution is -2.47. The Morgan fingerprint density at radius 2 is 1.53 bits per heavy atom. The van der Waals surface area contributed by atoms with Crippen molar-refractivity contribution >= 4 is 40.8 Å². The molecule has 0 atom stereocenters. The maximum absolute atomic E-state index is 12.4. The monoisotopic (exact) mass is 676 g/mol. The number of hydrogen-bond donors (Lipinski definition) is 4. The summed E-state index contributed by atoms with van der Waals surface area (Å²) in [6.45, 7) is 6.44. The minimum atomic E-state index is -0.384. The van der Waals surface area contributed by atoms with Gasteiger partial charge in [-0.1, -0.05) is 31.4 Å². The number of nitro groups is 1. The second kappa shape index (κ2) is 18.8. The Labute approximate surface area is 287 Å². The number of nitrogens with one attached hydrogen (secondary N) is 3. The second-order valence-electron chi connectivity index (χ2n) is 12.3. The molecule has 2 heterocycles. The molecule has 2 aromatic carbocycles. The van der Waals surface area contributed by atoms with Gasteiger partial charge in [0.2, 0.25) is 23.8 Å². The number of amides is 1. The number of nitrogens with two attached hydrogens (primary N) is 1. The first-order chi connectivity index (χ1) is 24.0. The number of carbonyl (C=O) groups excluding carboxylic acids is 1. The van der Waals surface area contributed by atoms with Crippen molar-refractivity contribution in [1.82, 2.24) is 20.3 Å². The van der Waals surface area contributed by atoms with Gasteiger partial charge >= 0.3 is 0 Å².